The molecule has 0 fully saturated rings. The van der Waals surface area contributed by atoms with Gasteiger partial charge >= 0.3 is 0 Å². The van der Waals surface area contributed by atoms with Crippen LogP contribution in [0.5, 0.6) is 11.5 Å². The van der Waals surface area contributed by atoms with Crippen LogP contribution in [0.25, 0.3) is 0 Å². The highest BCUT2D eigenvalue weighted by atomic mass is 16.3. The van der Waals surface area contributed by atoms with E-state index in [-0.39, 0.29) is 56.1 Å². The minimum Gasteiger partial charge on any atom is -0.507 e. The molecule has 4 heteroatoms. The predicted molar refractivity (Wildman–Crippen MR) is 243 cm³/mol. The third-order valence-electron chi connectivity index (χ3n) is 17.5. The molecule has 4 bridgehead atoms. The number of benzene rings is 6. The quantitative estimate of drug-likeness (QED) is 0.150. The van der Waals surface area contributed by atoms with Gasteiger partial charge in [0.25, 0.3) is 0 Å². The summed E-state index contributed by atoms with van der Waals surface area (Å²) in [6.07, 6.45) is 4.29. The van der Waals surface area contributed by atoms with Crippen molar-refractivity contribution in [3.8, 4) is 11.5 Å². The molecule has 0 atom stereocenters. The third-order valence-corrected chi connectivity index (χ3v) is 17.5. The van der Waals surface area contributed by atoms with E-state index in [1.54, 1.807) is 0 Å². The number of carbonyl (C=O) groups is 2. The van der Waals surface area contributed by atoms with Crippen LogP contribution in [-0.4, -0.2) is 21.8 Å². The first-order valence-electron chi connectivity index (χ1n) is 22.9. The average molecular weight is 813 g/mol. The molecule has 15 rings (SSSR count). The summed E-state index contributed by atoms with van der Waals surface area (Å²) in [5.74, 6) is -2.13. The molecular weight excluding hydrogens is 761 g/mol. The van der Waals surface area contributed by atoms with Crippen molar-refractivity contribution < 1.29 is 19.8 Å². The Morgan fingerprint density at radius 2 is 0.645 bits per heavy atom. The van der Waals surface area contributed by atoms with Crippen LogP contribution in [0, 0.1) is 0 Å². The van der Waals surface area contributed by atoms with Gasteiger partial charge in [-0.05, 0) is 137 Å². The van der Waals surface area contributed by atoms with Crippen LogP contribution < -0.4 is 0 Å². The van der Waals surface area contributed by atoms with Gasteiger partial charge in [-0.15, -0.1) is 0 Å². The highest BCUT2D eigenvalue weighted by molar-refractivity contribution is 6.31. The van der Waals surface area contributed by atoms with Gasteiger partial charge in [0.1, 0.15) is 11.5 Å². The summed E-state index contributed by atoms with van der Waals surface area (Å²) in [6.45, 7) is 18.8. The first-order chi connectivity index (χ1) is 29.4. The SMILES string of the molecule is CC1(C)CCC(C)(C)c2cc3c(cc21)C1c2cc4c(cc2C3c2c(O)c3c(c(O)c21)C(=O)c1cc2c(cc1C3=O)C1c3ccccc3C2c2ccccc21)C(C)(C)CCC4(C)C. The molecular formula is C58H52O4. The van der Waals surface area contributed by atoms with E-state index in [0.29, 0.717) is 22.3 Å². The lowest BCUT2D eigenvalue weighted by Crippen LogP contribution is -2.38. The largest absolute Gasteiger partial charge is 0.507 e. The Kier molecular flexibility index (Phi) is 6.69. The zero-order valence-electron chi connectivity index (χ0n) is 36.9. The van der Waals surface area contributed by atoms with Crippen molar-refractivity contribution in [2.75, 3.05) is 0 Å². The molecule has 0 saturated carbocycles. The molecule has 0 saturated heterocycles. The topological polar surface area (TPSA) is 74.6 Å². The Bertz CT molecular complexity index is 2830. The molecule has 0 radical (unpaired) electrons. The molecule has 0 unspecified atom stereocenters. The summed E-state index contributed by atoms with van der Waals surface area (Å²) < 4.78 is 0. The number of ketones is 2. The maximum absolute atomic E-state index is 15.3. The van der Waals surface area contributed by atoms with E-state index in [4.69, 9.17) is 0 Å². The van der Waals surface area contributed by atoms with Crippen LogP contribution in [0.4, 0.5) is 0 Å². The fraction of sp³-hybridized carbons (Fsp3) is 0.345. The maximum atomic E-state index is 15.3. The van der Waals surface area contributed by atoms with Crippen LogP contribution in [0.2, 0.25) is 0 Å². The van der Waals surface area contributed by atoms with Crippen molar-refractivity contribution >= 4 is 11.6 Å². The highest BCUT2D eigenvalue weighted by Gasteiger charge is 2.53. The van der Waals surface area contributed by atoms with Gasteiger partial charge in [-0.2, -0.15) is 0 Å². The lowest BCUT2D eigenvalue weighted by atomic mass is 9.54. The normalized spacial score (nSPS) is 24.6. The second-order valence-corrected chi connectivity index (χ2v) is 22.5. The summed E-state index contributed by atoms with van der Waals surface area (Å²) in [7, 11) is 0. The van der Waals surface area contributed by atoms with Gasteiger partial charge in [0.15, 0.2) is 11.6 Å². The average Bonchev–Trinajstić information content (AvgIpc) is 3.25. The Balaban J connectivity index is 1.07. The first kappa shape index (κ1) is 36.9. The van der Waals surface area contributed by atoms with Crippen molar-refractivity contribution in [1.29, 1.82) is 0 Å². The molecule has 4 nitrogen and oxygen atoms in total. The highest BCUT2D eigenvalue weighted by Crippen LogP contribution is 2.65. The summed E-state index contributed by atoms with van der Waals surface area (Å²) in [5, 5.41) is 25.9. The number of phenolic OH excluding ortho intramolecular Hbond substituents is 2. The molecule has 9 aliphatic rings. The van der Waals surface area contributed by atoms with E-state index >= 15 is 9.59 Å². The van der Waals surface area contributed by atoms with Crippen molar-refractivity contribution in [3.63, 3.8) is 0 Å². The fourth-order valence-corrected chi connectivity index (χ4v) is 13.9. The monoisotopic (exact) mass is 812 g/mol. The van der Waals surface area contributed by atoms with Crippen molar-refractivity contribution in [2.24, 2.45) is 0 Å². The zero-order chi connectivity index (χ0) is 42.9. The van der Waals surface area contributed by atoms with Crippen LogP contribution in [0.1, 0.15) is 226 Å². The molecule has 6 aromatic rings. The lowest BCUT2D eigenvalue weighted by Gasteiger charge is -2.49. The molecule has 0 spiro atoms. The van der Waals surface area contributed by atoms with Crippen LogP contribution in [0.15, 0.2) is 84.9 Å². The molecule has 6 aromatic carbocycles. The van der Waals surface area contributed by atoms with E-state index in [1.165, 1.54) is 44.5 Å². The summed E-state index contributed by atoms with van der Waals surface area (Å²) in [6, 6.07) is 30.6. The molecule has 9 aliphatic carbocycles. The number of aromatic hydroxyl groups is 2. The second-order valence-electron chi connectivity index (χ2n) is 22.5. The van der Waals surface area contributed by atoms with E-state index in [9.17, 15) is 10.2 Å². The zero-order valence-corrected chi connectivity index (χ0v) is 36.9. The van der Waals surface area contributed by atoms with E-state index in [2.05, 4.69) is 128 Å². The van der Waals surface area contributed by atoms with E-state index < -0.39 is 23.4 Å². The number of fused-ring (bicyclic) bond motifs is 4. The summed E-state index contributed by atoms with van der Waals surface area (Å²) in [5.41, 5.74) is 18.3. The Labute approximate surface area is 364 Å². The van der Waals surface area contributed by atoms with Crippen molar-refractivity contribution in [2.45, 2.75) is 126 Å². The Morgan fingerprint density at radius 1 is 0.387 bits per heavy atom. The van der Waals surface area contributed by atoms with Crippen LogP contribution >= 0.6 is 0 Å². The van der Waals surface area contributed by atoms with E-state index in [1.807, 2.05) is 12.1 Å². The van der Waals surface area contributed by atoms with Gasteiger partial charge in [-0.25, -0.2) is 0 Å². The second kappa shape index (κ2) is 11.2. The van der Waals surface area contributed by atoms with Gasteiger partial charge < -0.3 is 10.2 Å². The minimum atomic E-state index is -0.426. The lowest BCUT2D eigenvalue weighted by molar-refractivity contribution is 0.0973. The molecule has 308 valence electrons. The smallest absolute Gasteiger partial charge is 0.198 e. The number of carbonyl (C=O) groups excluding carboxylic acids is 2. The predicted octanol–water partition coefficient (Wildman–Crippen LogP) is 12.5. The van der Waals surface area contributed by atoms with Crippen LogP contribution in [-0.2, 0) is 21.7 Å². The van der Waals surface area contributed by atoms with Gasteiger partial charge in [0, 0.05) is 45.9 Å². The molecule has 0 amide bonds. The van der Waals surface area contributed by atoms with Gasteiger partial charge in [-0.3, -0.25) is 9.59 Å². The first-order valence-corrected chi connectivity index (χ1v) is 22.9. The standard InChI is InChI=1S/C58H52O4/c1-55(2)17-18-56(3,4)40-24-34-33(23-39(40)55)45-35-25-41-42(58(7,8)20-19-57(41,5)6)26-36(35)46(34)48-47(45)53(61)49-50(54(48)62)52(60)38-22-32-31(21-37(38)51(49)59)43-27-13-9-11-15-29(27)44(32)30-16-12-10-14-28(30)43/h9-16,21-26,43-46,61-62H,17-20H2,1-8H3. The van der Waals surface area contributed by atoms with Gasteiger partial charge in [-0.1, -0.05) is 128 Å². The minimum absolute atomic E-state index is 0.0458. The fourth-order valence-electron chi connectivity index (χ4n) is 13.9. The van der Waals surface area contributed by atoms with Crippen LogP contribution in [0.3, 0.4) is 0 Å². The number of phenols is 2. The molecule has 2 N–H and O–H groups in total. The molecule has 0 aromatic heterocycles. The number of rotatable bonds is 0. The van der Waals surface area contributed by atoms with Crippen molar-refractivity contribution in [3.05, 3.63) is 196 Å². The Morgan fingerprint density at radius 3 is 0.919 bits per heavy atom. The summed E-state index contributed by atoms with van der Waals surface area (Å²) in [4.78, 5) is 30.5. The maximum Gasteiger partial charge on any atom is 0.198 e. The van der Waals surface area contributed by atoms with E-state index in [0.717, 1.165) is 59.1 Å². The third kappa shape index (κ3) is 4.25. The Hall–Kier alpha value is -5.74. The molecule has 62 heavy (non-hydrogen) atoms. The molecule has 0 aliphatic heterocycles. The van der Waals surface area contributed by atoms with Gasteiger partial charge in [0.05, 0.1) is 11.1 Å². The van der Waals surface area contributed by atoms with Crippen molar-refractivity contribution in [1.82, 2.24) is 0 Å². The summed E-state index contributed by atoms with van der Waals surface area (Å²) >= 11 is 0. The number of hydrogen-bond donors (Lipinski definition) is 2. The molecule has 0 heterocycles. The number of hydrogen-bond acceptors (Lipinski definition) is 4. The van der Waals surface area contributed by atoms with Gasteiger partial charge in [0.2, 0.25) is 0 Å².